The molecule has 1 amide bonds. The lowest BCUT2D eigenvalue weighted by Crippen LogP contribution is -2.45. The second-order valence-corrected chi connectivity index (χ2v) is 10.9. The number of carbonyl (C=O) groups excluding carboxylic acids is 1. The van der Waals surface area contributed by atoms with Gasteiger partial charge in [0.15, 0.2) is 9.84 Å². The molecule has 9 nitrogen and oxygen atoms in total. The van der Waals surface area contributed by atoms with Gasteiger partial charge in [0, 0.05) is 49.8 Å². The fourth-order valence-corrected chi connectivity index (χ4v) is 4.80. The van der Waals surface area contributed by atoms with E-state index in [0.29, 0.717) is 16.9 Å². The van der Waals surface area contributed by atoms with Gasteiger partial charge in [0.1, 0.15) is 11.6 Å². The first kappa shape index (κ1) is 25.5. The quantitative estimate of drug-likeness (QED) is 0.509. The number of hydrogen-bond donors (Lipinski definition) is 2. The van der Waals surface area contributed by atoms with Crippen LogP contribution in [0.15, 0.2) is 53.7 Å². The molecule has 2 N–H and O–H groups in total. The number of ether oxygens (including phenoxy) is 1. The average Bonchev–Trinajstić information content (AvgIpc) is 2.77. The molecule has 3 heterocycles. The third kappa shape index (κ3) is 6.16. The molecular weight excluding hydrogens is 485 g/mol. The zero-order valence-corrected chi connectivity index (χ0v) is 21.3. The topological polar surface area (TPSA) is 114 Å². The van der Waals surface area contributed by atoms with Crippen molar-refractivity contribution in [3.63, 3.8) is 0 Å². The summed E-state index contributed by atoms with van der Waals surface area (Å²) in [6.07, 6.45) is 4.55. The van der Waals surface area contributed by atoms with Gasteiger partial charge < -0.3 is 20.3 Å². The summed E-state index contributed by atoms with van der Waals surface area (Å²) >= 11 is 0. The van der Waals surface area contributed by atoms with E-state index in [1.54, 1.807) is 18.5 Å². The molecule has 0 bridgehead atoms. The molecule has 0 aliphatic carbocycles. The second-order valence-electron chi connectivity index (χ2n) is 8.93. The van der Waals surface area contributed by atoms with Crippen LogP contribution in [0.25, 0.3) is 11.3 Å². The van der Waals surface area contributed by atoms with Crippen molar-refractivity contribution in [3.05, 3.63) is 54.6 Å². The van der Waals surface area contributed by atoms with Crippen LogP contribution in [-0.4, -0.2) is 55.8 Å². The summed E-state index contributed by atoms with van der Waals surface area (Å²) in [6, 6.07) is 8.90. The van der Waals surface area contributed by atoms with E-state index < -0.39 is 15.7 Å². The van der Waals surface area contributed by atoms with E-state index >= 15 is 0 Å². The monoisotopic (exact) mass is 513 g/mol. The molecule has 1 aromatic carbocycles. The minimum absolute atomic E-state index is 0.109. The Bertz CT molecular complexity index is 1370. The third-order valence-corrected chi connectivity index (χ3v) is 6.69. The van der Waals surface area contributed by atoms with Crippen molar-refractivity contribution in [1.82, 2.24) is 9.97 Å². The van der Waals surface area contributed by atoms with Crippen molar-refractivity contribution in [2.24, 2.45) is 0 Å². The SMILES string of the molecule is CC(=O)Nc1cc(Nc2cc(F)cc(S(C)(=O)=O)c2)c(-c2ccc(N3C[C@@H](C)O[C@@H](C)C3)cn2)cn1. The molecule has 0 unspecified atom stereocenters. The lowest BCUT2D eigenvalue weighted by atomic mass is 10.1. The zero-order chi connectivity index (χ0) is 26.0. The maximum absolute atomic E-state index is 14.2. The molecule has 190 valence electrons. The van der Waals surface area contributed by atoms with Crippen molar-refractivity contribution in [3.8, 4) is 11.3 Å². The largest absolute Gasteiger partial charge is 0.372 e. The van der Waals surface area contributed by atoms with Crippen LogP contribution in [0.2, 0.25) is 0 Å². The molecule has 36 heavy (non-hydrogen) atoms. The Balaban J connectivity index is 1.70. The predicted octanol–water partition coefficient (Wildman–Crippen LogP) is 4.00. The van der Waals surface area contributed by atoms with Crippen LogP contribution in [0.3, 0.4) is 0 Å². The molecule has 1 saturated heterocycles. The Labute approximate surface area is 209 Å². The Hall–Kier alpha value is -3.57. The van der Waals surface area contributed by atoms with Gasteiger partial charge in [-0.1, -0.05) is 0 Å². The second kappa shape index (κ2) is 10.2. The van der Waals surface area contributed by atoms with Crippen molar-refractivity contribution in [2.75, 3.05) is 34.9 Å². The van der Waals surface area contributed by atoms with Crippen molar-refractivity contribution >= 4 is 38.6 Å². The van der Waals surface area contributed by atoms with E-state index in [1.807, 2.05) is 26.0 Å². The van der Waals surface area contributed by atoms with Crippen LogP contribution >= 0.6 is 0 Å². The molecular formula is C25H28FN5O4S. The fourth-order valence-electron chi connectivity index (χ4n) is 4.14. The highest BCUT2D eigenvalue weighted by molar-refractivity contribution is 7.90. The lowest BCUT2D eigenvalue weighted by molar-refractivity contribution is -0.114. The highest BCUT2D eigenvalue weighted by Crippen LogP contribution is 2.32. The van der Waals surface area contributed by atoms with Crippen LogP contribution in [0.4, 0.5) is 27.3 Å². The van der Waals surface area contributed by atoms with E-state index in [0.717, 1.165) is 31.1 Å². The van der Waals surface area contributed by atoms with Crippen molar-refractivity contribution < 1.29 is 22.3 Å². The normalized spacial score (nSPS) is 18.1. The number of sulfone groups is 1. The summed E-state index contributed by atoms with van der Waals surface area (Å²) in [5, 5.41) is 5.68. The molecule has 4 rings (SSSR count). The van der Waals surface area contributed by atoms with Gasteiger partial charge in [-0.25, -0.2) is 17.8 Å². The number of aromatic nitrogens is 2. The zero-order valence-electron chi connectivity index (χ0n) is 20.4. The minimum atomic E-state index is -3.63. The average molecular weight is 514 g/mol. The van der Waals surface area contributed by atoms with Gasteiger partial charge in [0.2, 0.25) is 5.91 Å². The number of anilines is 4. The Kier molecular flexibility index (Phi) is 7.23. The number of rotatable bonds is 6. The van der Waals surface area contributed by atoms with Gasteiger partial charge in [0.25, 0.3) is 0 Å². The standard InChI is InChI=1S/C25H28FN5O4S/c1-15-13-31(14-16(2)35-15)20-5-6-23(27-11-20)22-12-28-25(29-17(3)32)10-24(22)30-19-7-18(26)8-21(9-19)36(4,33)34/h5-12,15-16H,13-14H2,1-4H3,(H2,28,29,30,32)/t15-,16+. The van der Waals surface area contributed by atoms with E-state index in [1.165, 1.54) is 19.1 Å². The third-order valence-electron chi connectivity index (χ3n) is 5.60. The Morgan fingerprint density at radius 3 is 2.42 bits per heavy atom. The van der Waals surface area contributed by atoms with Gasteiger partial charge in [0.05, 0.1) is 40.4 Å². The van der Waals surface area contributed by atoms with Crippen LogP contribution < -0.4 is 15.5 Å². The van der Waals surface area contributed by atoms with Crippen molar-refractivity contribution in [1.29, 1.82) is 0 Å². The molecule has 11 heteroatoms. The summed E-state index contributed by atoms with van der Waals surface area (Å²) in [5.41, 5.74) is 2.83. The first-order chi connectivity index (χ1) is 17.0. The van der Waals surface area contributed by atoms with Gasteiger partial charge in [-0.2, -0.15) is 0 Å². The number of nitrogens with one attached hydrogen (secondary N) is 2. The lowest BCUT2D eigenvalue weighted by Gasteiger charge is -2.36. The van der Waals surface area contributed by atoms with Crippen LogP contribution in [0.5, 0.6) is 0 Å². The highest BCUT2D eigenvalue weighted by atomic mass is 32.2. The molecule has 3 aromatic rings. The predicted molar refractivity (Wildman–Crippen MR) is 137 cm³/mol. The van der Waals surface area contributed by atoms with E-state index in [2.05, 4.69) is 25.5 Å². The van der Waals surface area contributed by atoms with Crippen LogP contribution in [-0.2, 0) is 19.4 Å². The smallest absolute Gasteiger partial charge is 0.222 e. The number of amides is 1. The maximum atomic E-state index is 14.2. The molecule has 2 aromatic heterocycles. The van der Waals surface area contributed by atoms with E-state index in [-0.39, 0.29) is 34.5 Å². The molecule has 0 spiro atoms. The van der Waals surface area contributed by atoms with Gasteiger partial charge in [-0.15, -0.1) is 0 Å². The number of carbonyl (C=O) groups is 1. The van der Waals surface area contributed by atoms with E-state index in [4.69, 9.17) is 4.74 Å². The number of morpholine rings is 1. The van der Waals surface area contributed by atoms with Crippen LogP contribution in [0.1, 0.15) is 20.8 Å². The van der Waals surface area contributed by atoms with E-state index in [9.17, 15) is 17.6 Å². The minimum Gasteiger partial charge on any atom is -0.372 e. The number of halogens is 1. The Morgan fingerprint density at radius 1 is 1.08 bits per heavy atom. The molecule has 1 aliphatic heterocycles. The van der Waals surface area contributed by atoms with Crippen molar-refractivity contribution in [2.45, 2.75) is 37.9 Å². The summed E-state index contributed by atoms with van der Waals surface area (Å²) < 4.78 is 44.0. The summed E-state index contributed by atoms with van der Waals surface area (Å²) in [6.45, 7) is 6.95. The Morgan fingerprint density at radius 2 is 1.81 bits per heavy atom. The van der Waals surface area contributed by atoms with Gasteiger partial charge >= 0.3 is 0 Å². The highest BCUT2D eigenvalue weighted by Gasteiger charge is 2.23. The summed E-state index contributed by atoms with van der Waals surface area (Å²) in [7, 11) is -3.63. The van der Waals surface area contributed by atoms with Gasteiger partial charge in [-0.05, 0) is 44.2 Å². The fraction of sp³-hybridized carbons (Fsp3) is 0.320. The number of hydrogen-bond acceptors (Lipinski definition) is 8. The molecule has 1 fully saturated rings. The number of pyridine rings is 2. The van der Waals surface area contributed by atoms with Crippen LogP contribution in [0, 0.1) is 5.82 Å². The first-order valence-electron chi connectivity index (χ1n) is 11.4. The summed E-state index contributed by atoms with van der Waals surface area (Å²) in [4.78, 5) is 22.5. The number of nitrogens with zero attached hydrogens (tertiary/aromatic N) is 3. The molecule has 0 radical (unpaired) electrons. The molecule has 1 aliphatic rings. The first-order valence-corrected chi connectivity index (χ1v) is 13.3. The molecule has 2 atom stereocenters. The maximum Gasteiger partial charge on any atom is 0.222 e. The van der Waals surface area contributed by atoms with Gasteiger partial charge in [-0.3, -0.25) is 9.78 Å². The molecule has 0 saturated carbocycles. The number of benzene rings is 1. The summed E-state index contributed by atoms with van der Waals surface area (Å²) in [5.74, 6) is -0.723.